The molecule has 1 fully saturated rings. The van der Waals surface area contributed by atoms with Crippen molar-refractivity contribution in [1.82, 2.24) is 4.57 Å². The number of hydrogen-bond acceptors (Lipinski definition) is 5. The monoisotopic (exact) mass is 360 g/mol. The third kappa shape index (κ3) is 4.19. The van der Waals surface area contributed by atoms with E-state index >= 15 is 0 Å². The van der Waals surface area contributed by atoms with Gasteiger partial charge >= 0.3 is 0 Å². The summed E-state index contributed by atoms with van der Waals surface area (Å²) in [7, 11) is 1.78. The normalized spacial score (nSPS) is 17.3. The SMILES string of the molecule is CSNc1ccc(OC2CCCOC2)c(-c2cc(C)c(=O)n(C)c2)c1. The van der Waals surface area contributed by atoms with Crippen molar-refractivity contribution < 1.29 is 9.47 Å². The van der Waals surface area contributed by atoms with E-state index in [1.807, 2.05) is 37.6 Å². The number of pyridine rings is 1. The van der Waals surface area contributed by atoms with Crippen LogP contribution in [0.15, 0.2) is 35.3 Å². The first-order valence-electron chi connectivity index (χ1n) is 8.43. The predicted molar refractivity (Wildman–Crippen MR) is 103 cm³/mol. The van der Waals surface area contributed by atoms with E-state index in [-0.39, 0.29) is 11.7 Å². The Morgan fingerprint density at radius 3 is 2.88 bits per heavy atom. The van der Waals surface area contributed by atoms with Gasteiger partial charge in [-0.1, -0.05) is 11.9 Å². The molecule has 1 unspecified atom stereocenters. The van der Waals surface area contributed by atoms with Crippen LogP contribution in [-0.2, 0) is 11.8 Å². The number of hydrogen-bond donors (Lipinski definition) is 1. The number of aromatic nitrogens is 1. The number of ether oxygens (including phenoxy) is 2. The molecule has 1 aromatic carbocycles. The van der Waals surface area contributed by atoms with Crippen molar-refractivity contribution in [2.45, 2.75) is 25.9 Å². The van der Waals surface area contributed by atoms with Gasteiger partial charge in [0.2, 0.25) is 0 Å². The summed E-state index contributed by atoms with van der Waals surface area (Å²) in [6, 6.07) is 7.98. The lowest BCUT2D eigenvalue weighted by atomic mass is 10.0. The maximum Gasteiger partial charge on any atom is 0.253 e. The van der Waals surface area contributed by atoms with E-state index in [2.05, 4.69) is 10.8 Å². The summed E-state index contributed by atoms with van der Waals surface area (Å²) < 4.78 is 16.6. The molecule has 25 heavy (non-hydrogen) atoms. The molecule has 3 rings (SSSR count). The molecular formula is C19H24N2O3S. The Labute approximate surface area is 152 Å². The van der Waals surface area contributed by atoms with Gasteiger partial charge in [-0.2, -0.15) is 0 Å². The zero-order valence-corrected chi connectivity index (χ0v) is 15.7. The lowest BCUT2D eigenvalue weighted by Gasteiger charge is -2.25. The van der Waals surface area contributed by atoms with E-state index in [4.69, 9.17) is 9.47 Å². The molecule has 1 saturated heterocycles. The predicted octanol–water partition coefficient (Wildman–Crippen LogP) is 3.61. The van der Waals surface area contributed by atoms with Crippen LogP contribution in [0.2, 0.25) is 0 Å². The number of nitrogens with zero attached hydrogens (tertiary/aromatic N) is 1. The van der Waals surface area contributed by atoms with Gasteiger partial charge in [-0.15, -0.1) is 0 Å². The van der Waals surface area contributed by atoms with E-state index in [1.54, 1.807) is 23.6 Å². The zero-order valence-electron chi connectivity index (χ0n) is 14.9. The summed E-state index contributed by atoms with van der Waals surface area (Å²) in [5, 5.41) is 0. The molecule has 134 valence electrons. The summed E-state index contributed by atoms with van der Waals surface area (Å²) in [5.41, 5.74) is 3.68. The van der Waals surface area contributed by atoms with E-state index in [9.17, 15) is 4.79 Å². The summed E-state index contributed by atoms with van der Waals surface area (Å²) in [6.45, 7) is 3.27. The Hall–Kier alpha value is -1.92. The fraction of sp³-hybridized carbons (Fsp3) is 0.421. The molecule has 1 N–H and O–H groups in total. The number of benzene rings is 1. The number of nitrogens with one attached hydrogen (secondary N) is 1. The van der Waals surface area contributed by atoms with E-state index in [0.29, 0.717) is 6.61 Å². The largest absolute Gasteiger partial charge is 0.487 e. The molecule has 0 bridgehead atoms. The molecule has 0 aliphatic carbocycles. The highest BCUT2D eigenvalue weighted by Gasteiger charge is 2.18. The summed E-state index contributed by atoms with van der Waals surface area (Å²) >= 11 is 1.54. The highest BCUT2D eigenvalue weighted by molar-refractivity contribution is 7.99. The molecule has 6 heteroatoms. The van der Waals surface area contributed by atoms with Crippen molar-refractivity contribution in [1.29, 1.82) is 0 Å². The summed E-state index contributed by atoms with van der Waals surface area (Å²) in [5.74, 6) is 0.820. The number of anilines is 1. The van der Waals surface area contributed by atoms with Crippen LogP contribution >= 0.6 is 11.9 Å². The van der Waals surface area contributed by atoms with Gasteiger partial charge in [0.05, 0.1) is 6.61 Å². The van der Waals surface area contributed by atoms with E-state index in [1.165, 1.54) is 0 Å². The van der Waals surface area contributed by atoms with Gasteiger partial charge < -0.3 is 18.8 Å². The van der Waals surface area contributed by atoms with E-state index < -0.39 is 0 Å². The van der Waals surface area contributed by atoms with Gasteiger partial charge in [0.25, 0.3) is 5.56 Å². The van der Waals surface area contributed by atoms with Gasteiger partial charge in [-0.25, -0.2) is 0 Å². The smallest absolute Gasteiger partial charge is 0.253 e. The van der Waals surface area contributed by atoms with Crippen LogP contribution in [0.25, 0.3) is 11.1 Å². The fourth-order valence-electron chi connectivity index (χ4n) is 3.05. The maximum absolute atomic E-state index is 12.0. The minimum atomic E-state index is 0.0188. The summed E-state index contributed by atoms with van der Waals surface area (Å²) in [4.78, 5) is 12.0. The molecule has 2 heterocycles. The first-order valence-corrected chi connectivity index (χ1v) is 9.66. The van der Waals surface area contributed by atoms with Crippen LogP contribution in [0, 0.1) is 6.92 Å². The van der Waals surface area contributed by atoms with E-state index in [0.717, 1.165) is 47.6 Å². The zero-order chi connectivity index (χ0) is 17.8. The Bertz CT molecular complexity index is 771. The maximum atomic E-state index is 12.0. The second-order valence-electron chi connectivity index (χ2n) is 6.30. The Morgan fingerprint density at radius 1 is 1.36 bits per heavy atom. The Kier molecular flexibility index (Phi) is 5.71. The molecular weight excluding hydrogens is 336 g/mol. The molecule has 0 saturated carbocycles. The second-order valence-corrected chi connectivity index (χ2v) is 6.91. The van der Waals surface area contributed by atoms with Gasteiger partial charge in [0, 0.05) is 48.5 Å². The third-order valence-electron chi connectivity index (χ3n) is 4.29. The van der Waals surface area contributed by atoms with Crippen LogP contribution < -0.4 is 15.0 Å². The van der Waals surface area contributed by atoms with Gasteiger partial charge in [-0.3, -0.25) is 4.79 Å². The lowest BCUT2D eigenvalue weighted by molar-refractivity contribution is 0.00768. The van der Waals surface area contributed by atoms with Crippen molar-refractivity contribution in [3.05, 3.63) is 46.4 Å². The molecule has 0 amide bonds. The first-order chi connectivity index (χ1) is 12.1. The highest BCUT2D eigenvalue weighted by atomic mass is 32.2. The van der Waals surface area contributed by atoms with Crippen LogP contribution in [0.5, 0.6) is 5.75 Å². The van der Waals surface area contributed by atoms with Gasteiger partial charge in [-0.05, 0) is 44.0 Å². The van der Waals surface area contributed by atoms with Crippen molar-refractivity contribution in [3.63, 3.8) is 0 Å². The molecule has 5 nitrogen and oxygen atoms in total. The molecule has 1 aliphatic heterocycles. The average Bonchev–Trinajstić information content (AvgIpc) is 2.61. The second kappa shape index (κ2) is 7.97. The van der Waals surface area contributed by atoms with Gasteiger partial charge in [0.15, 0.2) is 0 Å². The Balaban J connectivity index is 2.01. The van der Waals surface area contributed by atoms with Crippen LogP contribution in [0.4, 0.5) is 5.69 Å². The minimum Gasteiger partial charge on any atom is -0.487 e. The van der Waals surface area contributed by atoms with Gasteiger partial charge in [0.1, 0.15) is 11.9 Å². The minimum absolute atomic E-state index is 0.0188. The van der Waals surface area contributed by atoms with Crippen molar-refractivity contribution in [2.24, 2.45) is 7.05 Å². The third-order valence-corrected chi connectivity index (χ3v) is 4.72. The van der Waals surface area contributed by atoms with Crippen LogP contribution in [0.1, 0.15) is 18.4 Å². The highest BCUT2D eigenvalue weighted by Crippen LogP contribution is 2.34. The quantitative estimate of drug-likeness (QED) is 0.826. The first kappa shape index (κ1) is 17.9. The van der Waals surface area contributed by atoms with Crippen molar-refractivity contribution in [2.75, 3.05) is 24.2 Å². The topological polar surface area (TPSA) is 52.5 Å². The molecule has 1 atom stereocenters. The fourth-order valence-corrected chi connectivity index (χ4v) is 3.41. The molecule has 1 aliphatic rings. The lowest BCUT2D eigenvalue weighted by Crippen LogP contribution is -2.28. The van der Waals surface area contributed by atoms with Crippen molar-refractivity contribution >= 4 is 17.6 Å². The molecule has 1 aromatic heterocycles. The molecule has 0 spiro atoms. The standard InChI is InChI=1S/C19H24N2O3S/c1-13-9-14(11-21(2)19(13)22)17-10-15(20-25-3)6-7-18(17)24-16-5-4-8-23-12-16/h6-7,9-11,16,20H,4-5,8,12H2,1-3H3. The summed E-state index contributed by atoms with van der Waals surface area (Å²) in [6.07, 6.45) is 5.93. The number of aryl methyl sites for hydroxylation is 2. The number of rotatable bonds is 5. The molecule has 2 aromatic rings. The molecule has 0 radical (unpaired) electrons. The van der Waals surface area contributed by atoms with Crippen LogP contribution in [-0.4, -0.2) is 30.1 Å². The Morgan fingerprint density at radius 2 is 2.20 bits per heavy atom. The van der Waals surface area contributed by atoms with Crippen LogP contribution in [0.3, 0.4) is 0 Å². The average molecular weight is 360 g/mol. The van der Waals surface area contributed by atoms with Crippen molar-refractivity contribution in [3.8, 4) is 16.9 Å².